The van der Waals surface area contributed by atoms with Crippen molar-refractivity contribution in [1.29, 1.82) is 0 Å². The van der Waals surface area contributed by atoms with Gasteiger partial charge in [-0.25, -0.2) is 0 Å². The summed E-state index contributed by atoms with van der Waals surface area (Å²) in [6, 6.07) is 4.36. The molecule has 2 nitrogen and oxygen atoms in total. The van der Waals surface area contributed by atoms with E-state index in [4.69, 9.17) is 4.74 Å². The van der Waals surface area contributed by atoms with Crippen LogP contribution in [-0.4, -0.2) is 13.7 Å². The van der Waals surface area contributed by atoms with Crippen LogP contribution in [-0.2, 0) is 6.54 Å². The Morgan fingerprint density at radius 3 is 2.29 bits per heavy atom. The molecule has 1 rings (SSSR count). The predicted molar refractivity (Wildman–Crippen MR) is 73.6 cm³/mol. The van der Waals surface area contributed by atoms with Gasteiger partial charge in [0.05, 0.1) is 0 Å². The van der Waals surface area contributed by atoms with Crippen LogP contribution in [0.3, 0.4) is 0 Å². The third-order valence-electron chi connectivity index (χ3n) is 2.62. The first-order valence-electron chi connectivity index (χ1n) is 6.05. The average Bonchev–Trinajstić information content (AvgIpc) is 2.22. The van der Waals surface area contributed by atoms with Gasteiger partial charge in [0.25, 0.3) is 0 Å². The van der Waals surface area contributed by atoms with Crippen molar-refractivity contribution in [2.75, 3.05) is 13.7 Å². The smallest absolute Gasteiger partial charge is 0.125 e. The molecule has 0 amide bonds. The maximum absolute atomic E-state index is 5.81. The first kappa shape index (κ1) is 13.8. The molecule has 0 radical (unpaired) electrons. The molecule has 17 heavy (non-hydrogen) atoms. The van der Waals surface area contributed by atoms with E-state index in [2.05, 4.69) is 51.2 Å². The molecule has 1 aromatic carbocycles. The normalized spacial score (nSPS) is 10.2. The van der Waals surface area contributed by atoms with Crippen molar-refractivity contribution in [3.8, 4) is 5.75 Å². The molecular formula is C15H23NO. The third-order valence-corrected chi connectivity index (χ3v) is 2.62. The molecule has 0 aliphatic heterocycles. The first-order valence-corrected chi connectivity index (χ1v) is 6.05. The molecule has 0 fully saturated rings. The van der Waals surface area contributed by atoms with Crippen LogP contribution in [0.1, 0.15) is 30.5 Å². The lowest BCUT2D eigenvalue weighted by Gasteiger charge is -2.13. The van der Waals surface area contributed by atoms with Gasteiger partial charge in [-0.15, -0.1) is 0 Å². The van der Waals surface area contributed by atoms with E-state index in [1.54, 1.807) is 0 Å². The molecule has 0 spiro atoms. The zero-order valence-corrected chi connectivity index (χ0v) is 11.6. The summed E-state index contributed by atoms with van der Waals surface area (Å²) in [4.78, 5) is 0. The molecular weight excluding hydrogens is 210 g/mol. The van der Waals surface area contributed by atoms with E-state index >= 15 is 0 Å². The summed E-state index contributed by atoms with van der Waals surface area (Å²) < 4.78 is 5.81. The lowest BCUT2D eigenvalue weighted by atomic mass is 10.1. The molecule has 0 aromatic heterocycles. The molecule has 0 aliphatic carbocycles. The van der Waals surface area contributed by atoms with Crippen LogP contribution in [0, 0.1) is 13.8 Å². The maximum atomic E-state index is 5.81. The molecule has 0 saturated heterocycles. The number of benzene rings is 1. The fraction of sp³-hybridized carbons (Fsp3) is 0.467. The summed E-state index contributed by atoms with van der Waals surface area (Å²) >= 11 is 0. The highest BCUT2D eigenvalue weighted by atomic mass is 16.5. The van der Waals surface area contributed by atoms with Crippen molar-refractivity contribution in [2.45, 2.75) is 34.2 Å². The quantitative estimate of drug-likeness (QED) is 0.787. The van der Waals surface area contributed by atoms with E-state index in [-0.39, 0.29) is 0 Å². The number of hydrogen-bond acceptors (Lipinski definition) is 2. The number of hydrogen-bond donors (Lipinski definition) is 1. The van der Waals surface area contributed by atoms with E-state index in [9.17, 15) is 0 Å². The second-order valence-corrected chi connectivity index (χ2v) is 4.68. The number of allylic oxidation sites excluding steroid dienone is 1. The van der Waals surface area contributed by atoms with Crippen molar-refractivity contribution in [1.82, 2.24) is 5.32 Å². The lowest BCUT2D eigenvalue weighted by Crippen LogP contribution is -2.06. The summed E-state index contributed by atoms with van der Waals surface area (Å²) in [6.07, 6.45) is 2.10. The highest BCUT2D eigenvalue weighted by Crippen LogP contribution is 2.24. The van der Waals surface area contributed by atoms with Crippen molar-refractivity contribution >= 4 is 0 Å². The molecule has 0 saturated carbocycles. The maximum Gasteiger partial charge on any atom is 0.125 e. The minimum absolute atomic E-state index is 0.648. The largest absolute Gasteiger partial charge is 0.489 e. The zero-order valence-electron chi connectivity index (χ0n) is 11.6. The van der Waals surface area contributed by atoms with Gasteiger partial charge in [0.1, 0.15) is 12.4 Å². The Morgan fingerprint density at radius 2 is 1.82 bits per heavy atom. The van der Waals surface area contributed by atoms with Gasteiger partial charge in [-0.1, -0.05) is 17.7 Å². The molecule has 0 atom stereocenters. The molecule has 0 heterocycles. The molecule has 0 aliphatic rings. The van der Waals surface area contributed by atoms with Crippen molar-refractivity contribution in [2.24, 2.45) is 0 Å². The topological polar surface area (TPSA) is 21.3 Å². The lowest BCUT2D eigenvalue weighted by molar-refractivity contribution is 0.356. The van der Waals surface area contributed by atoms with Gasteiger partial charge < -0.3 is 10.1 Å². The monoisotopic (exact) mass is 233 g/mol. The van der Waals surface area contributed by atoms with Crippen LogP contribution in [0.2, 0.25) is 0 Å². The molecule has 0 bridgehead atoms. The Bertz CT molecular complexity index is 380. The van der Waals surface area contributed by atoms with Crippen LogP contribution in [0.5, 0.6) is 5.75 Å². The van der Waals surface area contributed by atoms with E-state index in [0.717, 1.165) is 12.3 Å². The third kappa shape index (κ3) is 4.23. The average molecular weight is 233 g/mol. The van der Waals surface area contributed by atoms with E-state index in [1.165, 1.54) is 22.3 Å². The minimum Gasteiger partial charge on any atom is -0.489 e. The number of nitrogens with one attached hydrogen (secondary N) is 1. The second kappa shape index (κ2) is 6.45. The fourth-order valence-corrected chi connectivity index (χ4v) is 1.87. The van der Waals surface area contributed by atoms with E-state index in [0.29, 0.717) is 6.61 Å². The van der Waals surface area contributed by atoms with Gasteiger partial charge >= 0.3 is 0 Å². The van der Waals surface area contributed by atoms with Crippen LogP contribution >= 0.6 is 0 Å². The molecule has 1 N–H and O–H groups in total. The first-order chi connectivity index (χ1) is 8.04. The standard InChI is InChI=1S/C15H23NO/c1-11(2)6-7-17-15-12(3)8-14(10-16-5)9-13(15)4/h6,8-9,16H,7,10H2,1-5H3. The van der Waals surface area contributed by atoms with Gasteiger partial charge in [0.15, 0.2) is 0 Å². The highest BCUT2D eigenvalue weighted by Gasteiger charge is 2.05. The fourth-order valence-electron chi connectivity index (χ4n) is 1.87. The predicted octanol–water partition coefficient (Wildman–Crippen LogP) is 3.37. The second-order valence-electron chi connectivity index (χ2n) is 4.68. The van der Waals surface area contributed by atoms with Crippen LogP contribution in [0.15, 0.2) is 23.8 Å². The van der Waals surface area contributed by atoms with Crippen LogP contribution in [0.25, 0.3) is 0 Å². The SMILES string of the molecule is CNCc1cc(C)c(OCC=C(C)C)c(C)c1. The van der Waals surface area contributed by atoms with Gasteiger partial charge in [-0.2, -0.15) is 0 Å². The van der Waals surface area contributed by atoms with Gasteiger partial charge in [-0.05, 0) is 57.5 Å². The molecule has 2 heteroatoms. The highest BCUT2D eigenvalue weighted by molar-refractivity contribution is 5.43. The van der Waals surface area contributed by atoms with Crippen LogP contribution < -0.4 is 10.1 Å². The summed E-state index contributed by atoms with van der Waals surface area (Å²) in [6.45, 7) is 9.91. The molecule has 1 aromatic rings. The van der Waals surface area contributed by atoms with Gasteiger partial charge in [0, 0.05) is 6.54 Å². The van der Waals surface area contributed by atoms with E-state index < -0.39 is 0 Å². The van der Waals surface area contributed by atoms with E-state index in [1.807, 2.05) is 7.05 Å². The Kier molecular flexibility index (Phi) is 5.23. The summed E-state index contributed by atoms with van der Waals surface area (Å²) in [5.41, 5.74) is 5.00. The van der Waals surface area contributed by atoms with Gasteiger partial charge in [0.2, 0.25) is 0 Å². The summed E-state index contributed by atoms with van der Waals surface area (Å²) in [5.74, 6) is 1.02. The Labute approximate surface area is 105 Å². The summed E-state index contributed by atoms with van der Waals surface area (Å²) in [7, 11) is 1.96. The Hall–Kier alpha value is -1.28. The zero-order chi connectivity index (χ0) is 12.8. The Morgan fingerprint density at radius 1 is 1.24 bits per heavy atom. The summed E-state index contributed by atoms with van der Waals surface area (Å²) in [5, 5.41) is 3.17. The van der Waals surface area contributed by atoms with Crippen molar-refractivity contribution in [3.05, 3.63) is 40.5 Å². The molecule has 0 unspecified atom stereocenters. The number of rotatable bonds is 5. The van der Waals surface area contributed by atoms with Crippen LogP contribution in [0.4, 0.5) is 0 Å². The minimum atomic E-state index is 0.648. The van der Waals surface area contributed by atoms with Gasteiger partial charge in [-0.3, -0.25) is 0 Å². The Balaban J connectivity index is 2.82. The number of ether oxygens (including phenoxy) is 1. The number of aryl methyl sites for hydroxylation is 2. The molecule has 94 valence electrons. The van der Waals surface area contributed by atoms with Crippen molar-refractivity contribution in [3.63, 3.8) is 0 Å². The van der Waals surface area contributed by atoms with Crippen molar-refractivity contribution < 1.29 is 4.74 Å².